The van der Waals surface area contributed by atoms with Gasteiger partial charge in [0, 0.05) is 5.56 Å². The Kier molecular flexibility index (Phi) is 16.4. The largest absolute Gasteiger partial charge is 0.492 e. The van der Waals surface area contributed by atoms with Gasteiger partial charge < -0.3 is 9.47 Å². The van der Waals surface area contributed by atoms with Crippen molar-refractivity contribution in [3.05, 3.63) is 78.0 Å². The number of hydrogen-bond acceptors (Lipinski definition) is 4. The first kappa shape index (κ1) is 33.4. The zero-order valence-electron chi connectivity index (χ0n) is 26.3. The molecule has 0 atom stereocenters. The van der Waals surface area contributed by atoms with Crippen molar-refractivity contribution in [1.29, 1.82) is 0 Å². The number of aromatic nitrogens is 1. The summed E-state index contributed by atoms with van der Waals surface area (Å²) in [6.45, 7) is 5.25. The van der Waals surface area contributed by atoms with Crippen molar-refractivity contribution in [2.24, 2.45) is 0 Å². The average Bonchev–Trinajstić information content (AvgIpc) is 3.02. The van der Waals surface area contributed by atoms with Crippen molar-refractivity contribution in [1.82, 2.24) is 4.98 Å². The first-order chi connectivity index (χ1) is 20.7. The van der Waals surface area contributed by atoms with Crippen molar-refractivity contribution in [3.8, 4) is 22.8 Å². The van der Waals surface area contributed by atoms with Crippen LogP contribution < -0.4 is 9.47 Å². The summed E-state index contributed by atoms with van der Waals surface area (Å²) in [5.41, 5.74) is 3.67. The van der Waals surface area contributed by atoms with Crippen LogP contribution in [0.25, 0.3) is 11.3 Å². The lowest BCUT2D eigenvalue weighted by Gasteiger charge is -2.08. The van der Waals surface area contributed by atoms with Gasteiger partial charge in [0.05, 0.1) is 24.1 Å². The van der Waals surface area contributed by atoms with Crippen molar-refractivity contribution in [2.75, 3.05) is 6.61 Å². The third kappa shape index (κ3) is 13.2. The zero-order chi connectivity index (χ0) is 29.7. The maximum Gasteiger partial charge on any atom is 0.343 e. The van der Waals surface area contributed by atoms with E-state index in [1.165, 1.54) is 102 Å². The zero-order valence-corrected chi connectivity index (χ0v) is 26.3. The van der Waals surface area contributed by atoms with Crippen LogP contribution in [0.1, 0.15) is 133 Å². The van der Waals surface area contributed by atoms with Gasteiger partial charge in [-0.2, -0.15) is 0 Å². The molecule has 0 aliphatic carbocycles. The highest BCUT2D eigenvalue weighted by molar-refractivity contribution is 5.91. The monoisotopic (exact) mass is 571 g/mol. The van der Waals surface area contributed by atoms with Gasteiger partial charge in [-0.05, 0) is 73.4 Å². The molecule has 1 heterocycles. The number of carbonyl (C=O) groups excluding carboxylic acids is 1. The Hall–Kier alpha value is -3.14. The molecule has 0 fully saturated rings. The Bertz CT molecular complexity index is 1110. The molecule has 4 nitrogen and oxygen atoms in total. The molecule has 0 saturated carbocycles. The van der Waals surface area contributed by atoms with Crippen LogP contribution in [0, 0.1) is 0 Å². The van der Waals surface area contributed by atoms with E-state index in [-0.39, 0.29) is 5.97 Å². The van der Waals surface area contributed by atoms with Gasteiger partial charge in [0.25, 0.3) is 0 Å². The van der Waals surface area contributed by atoms with E-state index >= 15 is 0 Å². The fourth-order valence-corrected chi connectivity index (χ4v) is 5.19. The number of ether oxygens (including phenoxy) is 2. The number of carbonyl (C=O) groups is 1. The highest BCUT2D eigenvalue weighted by Gasteiger charge is 2.09. The number of benzene rings is 2. The first-order valence-electron chi connectivity index (χ1n) is 16.7. The standard InChI is InChI=1S/C38H53NO3/c1-3-5-7-9-11-12-13-14-16-18-30-41-36-28-29-37(39-31-36)33-24-26-35(27-25-33)42-38(40)34-22-20-32(21-23-34)19-17-15-10-8-6-4-2/h20-29,31H,3-19,30H2,1-2H3. The van der Waals surface area contributed by atoms with Crippen molar-refractivity contribution < 1.29 is 14.3 Å². The van der Waals surface area contributed by atoms with Crippen LogP contribution in [-0.4, -0.2) is 17.6 Å². The fourth-order valence-electron chi connectivity index (χ4n) is 5.19. The molecule has 42 heavy (non-hydrogen) atoms. The predicted octanol–water partition coefficient (Wildman–Crippen LogP) is 11.2. The summed E-state index contributed by atoms with van der Waals surface area (Å²) in [6.07, 6.45) is 23.8. The van der Waals surface area contributed by atoms with Crippen LogP contribution in [0.4, 0.5) is 0 Å². The summed E-state index contributed by atoms with van der Waals surface area (Å²) in [5.74, 6) is 0.991. The number of unbranched alkanes of at least 4 members (excludes halogenated alkanes) is 14. The lowest BCUT2D eigenvalue weighted by molar-refractivity contribution is 0.0734. The Labute approximate surface area is 255 Å². The third-order valence-corrected chi connectivity index (χ3v) is 7.87. The first-order valence-corrected chi connectivity index (χ1v) is 16.7. The van der Waals surface area contributed by atoms with Crippen LogP contribution >= 0.6 is 0 Å². The van der Waals surface area contributed by atoms with E-state index in [1.807, 2.05) is 60.7 Å². The van der Waals surface area contributed by atoms with Crippen LogP contribution in [0.15, 0.2) is 66.9 Å². The molecule has 0 saturated heterocycles. The molecule has 4 heteroatoms. The molecule has 0 spiro atoms. The predicted molar refractivity (Wildman–Crippen MR) is 175 cm³/mol. The second-order valence-corrected chi connectivity index (χ2v) is 11.5. The summed E-state index contributed by atoms with van der Waals surface area (Å²) in [7, 11) is 0. The van der Waals surface area contributed by atoms with Gasteiger partial charge in [0.15, 0.2) is 0 Å². The molecular formula is C38H53NO3. The van der Waals surface area contributed by atoms with Crippen molar-refractivity contribution in [2.45, 2.75) is 123 Å². The van der Waals surface area contributed by atoms with Crippen LogP contribution in [-0.2, 0) is 6.42 Å². The SMILES string of the molecule is CCCCCCCCCCCCOc1ccc(-c2ccc(OC(=O)c3ccc(CCCCCCCC)cc3)cc2)nc1. The van der Waals surface area contributed by atoms with Gasteiger partial charge in [0.2, 0.25) is 0 Å². The molecule has 0 aliphatic heterocycles. The van der Waals surface area contributed by atoms with E-state index in [2.05, 4.69) is 18.8 Å². The molecule has 0 N–H and O–H groups in total. The molecule has 228 valence electrons. The minimum atomic E-state index is -0.337. The van der Waals surface area contributed by atoms with Gasteiger partial charge in [-0.25, -0.2) is 4.79 Å². The summed E-state index contributed by atoms with van der Waals surface area (Å²) in [5, 5.41) is 0. The normalized spacial score (nSPS) is 11.0. The Morgan fingerprint density at radius 1 is 0.595 bits per heavy atom. The Balaban J connectivity index is 1.33. The van der Waals surface area contributed by atoms with Crippen LogP contribution in [0.2, 0.25) is 0 Å². The van der Waals surface area contributed by atoms with E-state index in [9.17, 15) is 4.79 Å². The molecule has 0 bridgehead atoms. The lowest BCUT2D eigenvalue weighted by Crippen LogP contribution is -2.08. The smallest absolute Gasteiger partial charge is 0.343 e. The summed E-state index contributed by atoms with van der Waals surface area (Å²) in [6, 6.07) is 19.3. The van der Waals surface area contributed by atoms with Gasteiger partial charge in [-0.15, -0.1) is 0 Å². The van der Waals surface area contributed by atoms with Gasteiger partial charge in [-0.1, -0.05) is 116 Å². The molecule has 0 aliphatic rings. The molecule has 0 radical (unpaired) electrons. The molecule has 1 aromatic heterocycles. The van der Waals surface area contributed by atoms with Gasteiger partial charge >= 0.3 is 5.97 Å². The van der Waals surface area contributed by atoms with E-state index in [4.69, 9.17) is 9.47 Å². The highest BCUT2D eigenvalue weighted by atomic mass is 16.5. The molecular weight excluding hydrogens is 518 g/mol. The minimum absolute atomic E-state index is 0.337. The number of hydrogen-bond donors (Lipinski definition) is 0. The highest BCUT2D eigenvalue weighted by Crippen LogP contribution is 2.23. The summed E-state index contributed by atoms with van der Waals surface area (Å²) in [4.78, 5) is 17.2. The summed E-state index contributed by atoms with van der Waals surface area (Å²) >= 11 is 0. The van der Waals surface area contributed by atoms with Crippen molar-refractivity contribution >= 4 is 5.97 Å². The molecule has 3 aromatic rings. The summed E-state index contributed by atoms with van der Waals surface area (Å²) < 4.78 is 11.5. The van der Waals surface area contributed by atoms with Crippen LogP contribution in [0.3, 0.4) is 0 Å². The van der Waals surface area contributed by atoms with E-state index in [0.717, 1.165) is 36.5 Å². The number of pyridine rings is 1. The van der Waals surface area contributed by atoms with E-state index in [1.54, 1.807) is 6.20 Å². The van der Waals surface area contributed by atoms with Crippen LogP contribution in [0.5, 0.6) is 11.5 Å². The maximum absolute atomic E-state index is 12.6. The average molecular weight is 572 g/mol. The van der Waals surface area contributed by atoms with Gasteiger partial charge in [-0.3, -0.25) is 4.98 Å². The maximum atomic E-state index is 12.6. The number of esters is 1. The molecule has 3 rings (SSSR count). The quantitative estimate of drug-likeness (QED) is 0.0683. The van der Waals surface area contributed by atoms with Gasteiger partial charge in [0.1, 0.15) is 11.5 Å². The fraction of sp³-hybridized carbons (Fsp3) is 0.526. The van der Waals surface area contributed by atoms with E-state index < -0.39 is 0 Å². The van der Waals surface area contributed by atoms with E-state index in [0.29, 0.717) is 11.3 Å². The molecule has 0 amide bonds. The number of nitrogens with zero attached hydrogens (tertiary/aromatic N) is 1. The van der Waals surface area contributed by atoms with Crippen molar-refractivity contribution in [3.63, 3.8) is 0 Å². The Morgan fingerprint density at radius 2 is 1.14 bits per heavy atom. The minimum Gasteiger partial charge on any atom is -0.492 e. The number of aryl methyl sites for hydroxylation is 1. The second-order valence-electron chi connectivity index (χ2n) is 11.5. The molecule has 2 aromatic carbocycles. The molecule has 0 unspecified atom stereocenters. The second kappa shape index (κ2) is 20.7. The Morgan fingerprint density at radius 3 is 1.71 bits per heavy atom. The topological polar surface area (TPSA) is 48.4 Å². The third-order valence-electron chi connectivity index (χ3n) is 7.87. The lowest BCUT2D eigenvalue weighted by atomic mass is 10.0. The number of rotatable bonds is 22.